The molecule has 5 heteroatoms. The van der Waals surface area contributed by atoms with Gasteiger partial charge in [0.05, 0.1) is 5.52 Å². The van der Waals surface area contributed by atoms with Gasteiger partial charge in [0.15, 0.2) is 0 Å². The zero-order valence-electron chi connectivity index (χ0n) is 9.05. The number of rotatable bonds is 1. The molecule has 1 N–H and O–H groups in total. The average molecular weight is 433 g/mol. The third kappa shape index (κ3) is 2.29. The van der Waals surface area contributed by atoms with Crippen molar-refractivity contribution >= 4 is 61.2 Å². The fourth-order valence-corrected chi connectivity index (χ4v) is 3.26. The van der Waals surface area contributed by atoms with Gasteiger partial charge in [-0.2, -0.15) is 0 Å². The SMILES string of the molecule is Clc1cc(Br)c2nc(-c3cccc(I)c3)[nH]c2c1. The molecule has 0 bridgehead atoms. The van der Waals surface area contributed by atoms with Gasteiger partial charge in [-0.25, -0.2) is 4.98 Å². The molecule has 0 saturated heterocycles. The van der Waals surface area contributed by atoms with E-state index in [1.165, 1.54) is 3.57 Å². The Morgan fingerprint density at radius 3 is 2.83 bits per heavy atom. The van der Waals surface area contributed by atoms with Crippen LogP contribution >= 0.6 is 50.1 Å². The summed E-state index contributed by atoms with van der Waals surface area (Å²) in [6, 6.07) is 11.9. The molecule has 0 aliphatic rings. The van der Waals surface area contributed by atoms with Crippen molar-refractivity contribution in [2.75, 3.05) is 0 Å². The van der Waals surface area contributed by atoms with E-state index in [0.717, 1.165) is 26.9 Å². The lowest BCUT2D eigenvalue weighted by Gasteiger charge is -1.96. The van der Waals surface area contributed by atoms with Gasteiger partial charge in [0.25, 0.3) is 0 Å². The highest BCUT2D eigenvalue weighted by atomic mass is 127. The second kappa shape index (κ2) is 4.83. The van der Waals surface area contributed by atoms with Gasteiger partial charge >= 0.3 is 0 Å². The third-order valence-electron chi connectivity index (χ3n) is 2.60. The molecule has 2 nitrogen and oxygen atoms in total. The van der Waals surface area contributed by atoms with Crippen LogP contribution in [-0.2, 0) is 0 Å². The number of aromatic amines is 1. The van der Waals surface area contributed by atoms with Crippen LogP contribution in [0, 0.1) is 3.57 Å². The first kappa shape index (κ1) is 12.4. The predicted octanol–water partition coefficient (Wildman–Crippen LogP) is 5.25. The second-order valence-electron chi connectivity index (χ2n) is 3.88. The molecule has 0 unspecified atom stereocenters. The van der Waals surface area contributed by atoms with Gasteiger partial charge in [0.1, 0.15) is 11.3 Å². The lowest BCUT2D eigenvalue weighted by molar-refractivity contribution is 1.33. The molecule has 18 heavy (non-hydrogen) atoms. The summed E-state index contributed by atoms with van der Waals surface area (Å²) in [5.74, 6) is 0.853. The summed E-state index contributed by atoms with van der Waals surface area (Å²) < 4.78 is 2.08. The second-order valence-corrected chi connectivity index (χ2v) is 6.42. The van der Waals surface area contributed by atoms with Crippen LogP contribution in [0.1, 0.15) is 0 Å². The summed E-state index contributed by atoms with van der Waals surface area (Å²) in [5.41, 5.74) is 2.90. The molecule has 0 radical (unpaired) electrons. The van der Waals surface area contributed by atoms with Crippen molar-refractivity contribution in [1.29, 1.82) is 0 Å². The predicted molar refractivity (Wildman–Crippen MR) is 87.0 cm³/mol. The molecule has 90 valence electrons. The Hall–Kier alpha value is -0.590. The molecule has 1 heterocycles. The van der Waals surface area contributed by atoms with E-state index in [1.807, 2.05) is 24.3 Å². The molecule has 0 fully saturated rings. The Morgan fingerprint density at radius 2 is 2.06 bits per heavy atom. The maximum Gasteiger partial charge on any atom is 0.138 e. The van der Waals surface area contributed by atoms with Crippen molar-refractivity contribution < 1.29 is 0 Å². The number of fused-ring (bicyclic) bond motifs is 1. The van der Waals surface area contributed by atoms with E-state index in [0.29, 0.717) is 5.02 Å². The maximum absolute atomic E-state index is 6.03. The zero-order valence-corrected chi connectivity index (χ0v) is 13.5. The highest BCUT2D eigenvalue weighted by Crippen LogP contribution is 2.29. The molecular formula is C13H7BrClIN2. The molecule has 0 saturated carbocycles. The largest absolute Gasteiger partial charge is 0.338 e. The first-order valence-electron chi connectivity index (χ1n) is 5.24. The maximum atomic E-state index is 6.03. The molecule has 3 aromatic rings. The molecule has 0 atom stereocenters. The fraction of sp³-hybridized carbons (Fsp3) is 0. The summed E-state index contributed by atoms with van der Waals surface area (Å²) >= 11 is 11.8. The molecule has 0 aliphatic carbocycles. The molecule has 3 rings (SSSR count). The van der Waals surface area contributed by atoms with Crippen LogP contribution in [0.3, 0.4) is 0 Å². The monoisotopic (exact) mass is 432 g/mol. The number of nitrogens with zero attached hydrogens (tertiary/aromatic N) is 1. The Morgan fingerprint density at radius 1 is 1.22 bits per heavy atom. The average Bonchev–Trinajstić information content (AvgIpc) is 2.73. The molecule has 2 aromatic carbocycles. The normalized spacial score (nSPS) is 11.1. The van der Waals surface area contributed by atoms with Gasteiger partial charge in [-0.1, -0.05) is 23.7 Å². The standard InChI is InChI=1S/C13H7BrClIN2/c14-10-5-8(15)6-11-12(10)18-13(17-11)7-2-1-3-9(16)4-7/h1-6H,(H,17,18). The molecule has 1 aromatic heterocycles. The zero-order chi connectivity index (χ0) is 12.7. The van der Waals surface area contributed by atoms with Crippen LogP contribution in [0.15, 0.2) is 40.9 Å². The molecule has 0 aliphatic heterocycles. The van der Waals surface area contributed by atoms with Gasteiger partial charge in [0.2, 0.25) is 0 Å². The van der Waals surface area contributed by atoms with Crippen molar-refractivity contribution in [3.63, 3.8) is 0 Å². The summed E-state index contributed by atoms with van der Waals surface area (Å²) in [6.45, 7) is 0. The minimum absolute atomic E-state index is 0.687. The van der Waals surface area contributed by atoms with Crippen LogP contribution < -0.4 is 0 Å². The van der Waals surface area contributed by atoms with Crippen LogP contribution in [0.5, 0.6) is 0 Å². The topological polar surface area (TPSA) is 28.7 Å². The van der Waals surface area contributed by atoms with Gasteiger partial charge in [-0.3, -0.25) is 0 Å². The lowest BCUT2D eigenvalue weighted by Crippen LogP contribution is -1.80. The number of benzene rings is 2. The first-order valence-corrected chi connectivity index (χ1v) is 7.49. The highest BCUT2D eigenvalue weighted by Gasteiger charge is 2.09. The summed E-state index contributed by atoms with van der Waals surface area (Å²) in [7, 11) is 0. The van der Waals surface area contributed by atoms with Crippen LogP contribution in [0.2, 0.25) is 5.02 Å². The number of H-pyrrole nitrogens is 1. The van der Waals surface area contributed by atoms with Gasteiger partial charge < -0.3 is 4.98 Å². The molecule has 0 amide bonds. The number of hydrogen-bond acceptors (Lipinski definition) is 1. The van der Waals surface area contributed by atoms with E-state index in [4.69, 9.17) is 11.6 Å². The summed E-state index contributed by atoms with van der Waals surface area (Å²) in [6.07, 6.45) is 0. The number of aromatic nitrogens is 2. The Kier molecular flexibility index (Phi) is 3.34. The van der Waals surface area contributed by atoms with Crippen molar-refractivity contribution in [2.45, 2.75) is 0 Å². The van der Waals surface area contributed by atoms with Crippen molar-refractivity contribution in [3.05, 3.63) is 49.5 Å². The van der Waals surface area contributed by atoms with E-state index in [1.54, 1.807) is 0 Å². The van der Waals surface area contributed by atoms with Crippen LogP contribution in [0.4, 0.5) is 0 Å². The fourth-order valence-electron chi connectivity index (χ4n) is 1.81. The highest BCUT2D eigenvalue weighted by molar-refractivity contribution is 14.1. The number of halogens is 3. The summed E-state index contributed by atoms with van der Waals surface area (Å²) in [5, 5.41) is 0.687. The van der Waals surface area contributed by atoms with E-state index < -0.39 is 0 Å². The van der Waals surface area contributed by atoms with Crippen molar-refractivity contribution in [2.24, 2.45) is 0 Å². The molecule has 0 spiro atoms. The third-order valence-corrected chi connectivity index (χ3v) is 4.10. The van der Waals surface area contributed by atoms with Gasteiger partial charge in [-0.15, -0.1) is 0 Å². The van der Waals surface area contributed by atoms with E-state index in [-0.39, 0.29) is 0 Å². The van der Waals surface area contributed by atoms with Gasteiger partial charge in [0, 0.05) is 18.6 Å². The minimum Gasteiger partial charge on any atom is -0.338 e. The molecular weight excluding hydrogens is 426 g/mol. The number of imidazole rings is 1. The lowest BCUT2D eigenvalue weighted by atomic mass is 10.2. The van der Waals surface area contributed by atoms with E-state index in [2.05, 4.69) is 60.6 Å². The smallest absolute Gasteiger partial charge is 0.138 e. The quantitative estimate of drug-likeness (QED) is 0.522. The first-order chi connectivity index (χ1) is 8.63. The van der Waals surface area contributed by atoms with Crippen LogP contribution in [-0.4, -0.2) is 9.97 Å². The van der Waals surface area contributed by atoms with E-state index in [9.17, 15) is 0 Å². The summed E-state index contributed by atoms with van der Waals surface area (Å²) in [4.78, 5) is 7.89. The number of nitrogens with one attached hydrogen (secondary N) is 1. The minimum atomic E-state index is 0.687. The number of hydrogen-bond donors (Lipinski definition) is 1. The van der Waals surface area contributed by atoms with Crippen molar-refractivity contribution in [3.8, 4) is 11.4 Å². The Labute approximate surface area is 131 Å². The van der Waals surface area contributed by atoms with Gasteiger partial charge in [-0.05, 0) is 62.8 Å². The Balaban J connectivity index is 2.22. The van der Waals surface area contributed by atoms with Crippen LogP contribution in [0.25, 0.3) is 22.4 Å². The Bertz CT molecular complexity index is 739. The van der Waals surface area contributed by atoms with Crippen molar-refractivity contribution in [1.82, 2.24) is 9.97 Å². The van der Waals surface area contributed by atoms with E-state index >= 15 is 0 Å².